The molecule has 84 valence electrons. The molecule has 2 heterocycles. The highest BCUT2D eigenvalue weighted by molar-refractivity contribution is 5.95. The van der Waals surface area contributed by atoms with E-state index in [4.69, 9.17) is 0 Å². The Morgan fingerprint density at radius 1 is 0.611 bits per heavy atom. The van der Waals surface area contributed by atoms with Gasteiger partial charge in [0.25, 0.3) is 0 Å². The number of hydrogen-bond acceptors (Lipinski definition) is 0. The van der Waals surface area contributed by atoms with Crippen LogP contribution in [0, 0.1) is 0 Å². The number of aromatic nitrogens is 1. The van der Waals surface area contributed by atoms with Gasteiger partial charge in [0.15, 0.2) is 6.20 Å². The average molecular weight is 230 g/mol. The number of benzene rings is 2. The van der Waals surface area contributed by atoms with Crippen molar-refractivity contribution in [1.29, 1.82) is 0 Å². The van der Waals surface area contributed by atoms with Gasteiger partial charge in [0.05, 0.1) is 0 Å². The van der Waals surface area contributed by atoms with Gasteiger partial charge in [-0.3, -0.25) is 0 Å². The lowest BCUT2D eigenvalue weighted by atomic mass is 10.1. The van der Waals surface area contributed by atoms with Crippen LogP contribution in [0.4, 0.5) is 0 Å². The maximum Gasteiger partial charge on any atom is 0.219 e. The monoisotopic (exact) mass is 230 g/mol. The van der Waals surface area contributed by atoms with E-state index < -0.39 is 0 Å². The molecule has 4 rings (SSSR count). The van der Waals surface area contributed by atoms with Crippen molar-refractivity contribution in [2.45, 2.75) is 0 Å². The van der Waals surface area contributed by atoms with Gasteiger partial charge in [-0.05, 0) is 29.0 Å². The van der Waals surface area contributed by atoms with Crippen molar-refractivity contribution in [3.8, 4) is 0 Å². The van der Waals surface area contributed by atoms with Crippen LogP contribution in [0.15, 0.2) is 72.9 Å². The quantitative estimate of drug-likeness (QED) is 0.246. The Morgan fingerprint density at radius 3 is 2.28 bits per heavy atom. The van der Waals surface area contributed by atoms with Crippen molar-refractivity contribution < 1.29 is 4.40 Å². The van der Waals surface area contributed by atoms with Crippen LogP contribution < -0.4 is 4.40 Å². The first-order valence-electron chi connectivity index (χ1n) is 6.14. The largest absolute Gasteiger partial charge is 0.219 e. The average Bonchev–Trinajstić information content (AvgIpc) is 2.45. The Hall–Kier alpha value is -2.41. The smallest absolute Gasteiger partial charge is 0.160 e. The Morgan fingerprint density at radius 2 is 1.39 bits per heavy atom. The molecule has 18 heavy (non-hydrogen) atoms. The zero-order valence-corrected chi connectivity index (χ0v) is 9.88. The highest BCUT2D eigenvalue weighted by Crippen LogP contribution is 2.20. The summed E-state index contributed by atoms with van der Waals surface area (Å²) in [5.74, 6) is 0. The van der Waals surface area contributed by atoms with Crippen molar-refractivity contribution in [1.82, 2.24) is 0 Å². The molecule has 0 saturated heterocycles. The number of rotatable bonds is 0. The third-order valence-corrected chi connectivity index (χ3v) is 3.48. The minimum Gasteiger partial charge on any atom is -0.160 e. The summed E-state index contributed by atoms with van der Waals surface area (Å²) in [4.78, 5) is 0. The van der Waals surface area contributed by atoms with Gasteiger partial charge in [-0.1, -0.05) is 24.3 Å². The Labute approximate surface area is 105 Å². The second-order valence-corrected chi connectivity index (χ2v) is 4.59. The maximum absolute atomic E-state index is 2.26. The highest BCUT2D eigenvalue weighted by Gasteiger charge is 2.08. The number of pyridine rings is 2. The van der Waals surface area contributed by atoms with Crippen LogP contribution in [0.3, 0.4) is 0 Å². The fraction of sp³-hybridized carbons (Fsp3) is 0. The first-order valence-corrected chi connectivity index (χ1v) is 6.14. The molecule has 0 amide bonds. The molecule has 1 heteroatoms. The van der Waals surface area contributed by atoms with Gasteiger partial charge in [0.2, 0.25) is 11.0 Å². The molecular formula is C17H12N+. The Kier molecular flexibility index (Phi) is 1.89. The number of nitrogens with zero attached hydrogens (tertiary/aromatic N) is 1. The lowest BCUT2D eigenvalue weighted by molar-refractivity contribution is -0.481. The summed E-state index contributed by atoms with van der Waals surface area (Å²) in [6.07, 6.45) is 2.12. The van der Waals surface area contributed by atoms with Gasteiger partial charge >= 0.3 is 0 Å². The second-order valence-electron chi connectivity index (χ2n) is 4.59. The minimum absolute atomic E-state index is 1.22. The van der Waals surface area contributed by atoms with Gasteiger partial charge in [-0.15, -0.1) is 0 Å². The van der Waals surface area contributed by atoms with Crippen LogP contribution in [0.5, 0.6) is 0 Å². The molecule has 0 aliphatic carbocycles. The normalized spacial score (nSPS) is 11.3. The highest BCUT2D eigenvalue weighted by atomic mass is 14.9. The molecule has 0 aliphatic rings. The molecule has 0 N–H and O–H groups in total. The molecule has 1 nitrogen and oxygen atoms in total. The fourth-order valence-electron chi connectivity index (χ4n) is 2.57. The van der Waals surface area contributed by atoms with Crippen molar-refractivity contribution in [3.63, 3.8) is 0 Å². The lowest BCUT2D eigenvalue weighted by Crippen LogP contribution is -2.21. The fourth-order valence-corrected chi connectivity index (χ4v) is 2.57. The van der Waals surface area contributed by atoms with Crippen molar-refractivity contribution in [2.24, 2.45) is 0 Å². The van der Waals surface area contributed by atoms with E-state index in [1.54, 1.807) is 0 Å². The Balaban J connectivity index is 2.27. The summed E-state index contributed by atoms with van der Waals surface area (Å²) >= 11 is 0. The van der Waals surface area contributed by atoms with E-state index in [0.717, 1.165) is 0 Å². The molecule has 2 aromatic heterocycles. The van der Waals surface area contributed by atoms with E-state index in [1.165, 1.54) is 27.2 Å². The predicted octanol–water partition coefficient (Wildman–Crippen LogP) is 3.73. The van der Waals surface area contributed by atoms with Crippen molar-refractivity contribution in [2.75, 3.05) is 0 Å². The first-order chi connectivity index (χ1) is 8.92. The Bertz CT molecular complexity index is 872. The van der Waals surface area contributed by atoms with Crippen LogP contribution in [0.25, 0.3) is 27.2 Å². The van der Waals surface area contributed by atoms with E-state index >= 15 is 0 Å². The molecule has 2 aromatic carbocycles. The van der Waals surface area contributed by atoms with Crippen LogP contribution in [0.2, 0.25) is 0 Å². The van der Waals surface area contributed by atoms with E-state index in [-0.39, 0.29) is 0 Å². The number of hydrogen-bond donors (Lipinski definition) is 0. The summed E-state index contributed by atoms with van der Waals surface area (Å²) in [6.45, 7) is 0. The third-order valence-electron chi connectivity index (χ3n) is 3.48. The first kappa shape index (κ1) is 9.60. The SMILES string of the molecule is c1ccc2cc3c(ccc4cccc[n+]43)cc2c1. The lowest BCUT2D eigenvalue weighted by Gasteiger charge is -2.00. The van der Waals surface area contributed by atoms with Crippen LogP contribution in [-0.4, -0.2) is 0 Å². The van der Waals surface area contributed by atoms with Crippen molar-refractivity contribution in [3.05, 3.63) is 72.9 Å². The second kappa shape index (κ2) is 3.54. The van der Waals surface area contributed by atoms with Gasteiger partial charge in [0, 0.05) is 29.7 Å². The minimum atomic E-state index is 1.22. The molecule has 0 saturated carbocycles. The van der Waals surface area contributed by atoms with E-state index in [0.29, 0.717) is 0 Å². The predicted molar refractivity (Wildman–Crippen MR) is 74.6 cm³/mol. The molecular weight excluding hydrogens is 218 g/mol. The molecule has 4 aromatic rings. The molecule has 0 aliphatic heterocycles. The van der Waals surface area contributed by atoms with Gasteiger partial charge in [0.1, 0.15) is 0 Å². The van der Waals surface area contributed by atoms with E-state index in [2.05, 4.69) is 77.3 Å². The molecule has 0 atom stereocenters. The van der Waals surface area contributed by atoms with Crippen molar-refractivity contribution >= 4 is 27.2 Å². The summed E-state index contributed by atoms with van der Waals surface area (Å²) < 4.78 is 2.24. The third kappa shape index (κ3) is 1.31. The van der Waals surface area contributed by atoms with Crippen LogP contribution in [0.1, 0.15) is 0 Å². The zero-order chi connectivity index (χ0) is 11.9. The van der Waals surface area contributed by atoms with Gasteiger partial charge in [-0.25, -0.2) is 0 Å². The molecule has 0 fully saturated rings. The summed E-state index contributed by atoms with van der Waals surface area (Å²) in [5, 5.41) is 3.85. The van der Waals surface area contributed by atoms with Crippen LogP contribution in [-0.2, 0) is 0 Å². The van der Waals surface area contributed by atoms with Gasteiger partial charge < -0.3 is 0 Å². The molecule has 0 bridgehead atoms. The zero-order valence-electron chi connectivity index (χ0n) is 9.88. The number of fused-ring (bicyclic) bond motifs is 4. The topological polar surface area (TPSA) is 4.10 Å². The molecule has 0 radical (unpaired) electrons. The van der Waals surface area contributed by atoms with Gasteiger partial charge in [-0.2, -0.15) is 4.40 Å². The molecule has 0 spiro atoms. The summed E-state index contributed by atoms with van der Waals surface area (Å²) in [7, 11) is 0. The summed E-state index contributed by atoms with van der Waals surface area (Å²) in [5.41, 5.74) is 2.48. The van der Waals surface area contributed by atoms with Crippen LogP contribution >= 0.6 is 0 Å². The molecule has 0 unspecified atom stereocenters. The van der Waals surface area contributed by atoms with E-state index in [9.17, 15) is 0 Å². The maximum atomic E-state index is 2.26. The van der Waals surface area contributed by atoms with E-state index in [1.807, 2.05) is 0 Å². The summed E-state index contributed by atoms with van der Waals surface area (Å²) in [6, 6.07) is 23.6. The standard InChI is InChI=1S/C17H12N/c1-2-6-14-12-17-15(11-13(14)5-1)8-9-16-7-3-4-10-18(16)17/h1-12H/q+1.